The maximum absolute atomic E-state index is 6.56. The molecule has 1 fully saturated rings. The number of fused-ring (bicyclic) bond motifs is 11. The second-order valence-corrected chi connectivity index (χ2v) is 14.1. The summed E-state index contributed by atoms with van der Waals surface area (Å²) in [5.74, 6) is 2.25. The second-order valence-electron chi connectivity index (χ2n) is 14.1. The molecule has 11 rings (SSSR count). The highest BCUT2D eigenvalue weighted by Crippen LogP contribution is 2.63. The number of nitrogens with zero attached hydrogens (tertiary/aromatic N) is 1. The number of rotatable bonds is 3. The Morgan fingerprint density at radius 2 is 1.48 bits per heavy atom. The Kier molecular flexibility index (Phi) is 5.57. The first-order valence-corrected chi connectivity index (χ1v) is 17.5. The quantitative estimate of drug-likeness (QED) is 0.214. The zero-order valence-electron chi connectivity index (χ0n) is 26.6. The molecule has 3 unspecified atom stereocenters. The minimum atomic E-state index is 0.00217. The molecule has 4 aliphatic rings. The Hall–Kier alpha value is -5.41. The molecule has 0 saturated heterocycles. The van der Waals surface area contributed by atoms with E-state index in [9.17, 15) is 0 Å². The van der Waals surface area contributed by atoms with Gasteiger partial charge in [-0.05, 0) is 117 Å². The molecule has 48 heavy (non-hydrogen) atoms. The molecule has 1 aliphatic heterocycles. The van der Waals surface area contributed by atoms with Gasteiger partial charge in [-0.15, -0.1) is 0 Å². The van der Waals surface area contributed by atoms with Crippen molar-refractivity contribution < 1.29 is 4.42 Å². The van der Waals surface area contributed by atoms with Crippen molar-refractivity contribution in [2.24, 2.45) is 4.99 Å². The Morgan fingerprint density at radius 3 is 2.46 bits per heavy atom. The van der Waals surface area contributed by atoms with Gasteiger partial charge in [0.1, 0.15) is 17.0 Å². The Bertz CT molecular complexity index is 2530. The van der Waals surface area contributed by atoms with E-state index in [0.717, 1.165) is 41.8 Å². The number of hydrogen-bond acceptors (Lipinski definition) is 3. The first-order chi connectivity index (χ1) is 23.8. The number of nitrogens with one attached hydrogen (secondary N) is 1. The summed E-state index contributed by atoms with van der Waals surface area (Å²) < 4.78 is 6.56. The third-order valence-corrected chi connectivity index (χ3v) is 11.4. The number of amidine groups is 1. The van der Waals surface area contributed by atoms with Gasteiger partial charge in [-0.25, -0.2) is 0 Å². The topological polar surface area (TPSA) is 37.5 Å². The third kappa shape index (κ3) is 3.97. The normalized spacial score (nSPS) is 22.0. The lowest BCUT2D eigenvalue weighted by atomic mass is 9.79. The van der Waals surface area contributed by atoms with Crippen molar-refractivity contribution in [1.29, 1.82) is 0 Å². The molecule has 6 aromatic carbocycles. The van der Waals surface area contributed by atoms with E-state index < -0.39 is 0 Å². The van der Waals surface area contributed by atoms with E-state index in [-0.39, 0.29) is 12.1 Å². The van der Waals surface area contributed by atoms with E-state index in [4.69, 9.17) is 9.41 Å². The summed E-state index contributed by atoms with van der Waals surface area (Å²) in [5.41, 5.74) is 14.2. The van der Waals surface area contributed by atoms with Crippen LogP contribution in [0.25, 0.3) is 49.9 Å². The van der Waals surface area contributed by atoms with Crippen LogP contribution in [0.15, 0.2) is 131 Å². The van der Waals surface area contributed by atoms with E-state index in [1.54, 1.807) is 0 Å². The molecule has 7 aromatic rings. The SMILES string of the molecule is C1=Cc2cc3oc4cccc(C5C[C@H](c6cccc7c6-c6ccccc6C6CC76)N=C(c6ccc7ccccc7c6)N5)c4c3cc2CC1. The maximum Gasteiger partial charge on any atom is 0.136 e. The van der Waals surface area contributed by atoms with Crippen molar-refractivity contribution in [3.05, 3.63) is 160 Å². The zero-order chi connectivity index (χ0) is 31.3. The average Bonchev–Trinajstić information content (AvgIpc) is 3.88. The number of aliphatic imine (C=N–C) groups is 1. The minimum Gasteiger partial charge on any atom is -0.456 e. The number of allylic oxidation sites excluding steroid dienone is 1. The molecule has 3 nitrogen and oxygen atoms in total. The highest BCUT2D eigenvalue weighted by molar-refractivity contribution is 6.09. The Balaban J connectivity index is 1.11. The van der Waals surface area contributed by atoms with E-state index >= 15 is 0 Å². The minimum absolute atomic E-state index is 0.00217. The summed E-state index contributed by atoms with van der Waals surface area (Å²) in [7, 11) is 0. The number of benzene rings is 6. The highest BCUT2D eigenvalue weighted by Gasteiger charge is 2.46. The fourth-order valence-corrected chi connectivity index (χ4v) is 9.08. The van der Waals surface area contributed by atoms with Crippen LogP contribution in [-0.4, -0.2) is 5.84 Å². The third-order valence-electron chi connectivity index (χ3n) is 11.4. The Morgan fingerprint density at radius 1 is 0.667 bits per heavy atom. The lowest BCUT2D eigenvalue weighted by Crippen LogP contribution is -2.35. The van der Waals surface area contributed by atoms with Crippen LogP contribution in [0, 0.1) is 0 Å². The molecule has 0 bridgehead atoms. The molecule has 2 heterocycles. The van der Waals surface area contributed by atoms with Crippen LogP contribution >= 0.6 is 0 Å². The van der Waals surface area contributed by atoms with E-state index in [2.05, 4.69) is 133 Å². The van der Waals surface area contributed by atoms with Gasteiger partial charge in [-0.2, -0.15) is 0 Å². The van der Waals surface area contributed by atoms with Crippen molar-refractivity contribution in [3.63, 3.8) is 0 Å². The monoisotopic (exact) mass is 618 g/mol. The molecule has 4 atom stereocenters. The van der Waals surface area contributed by atoms with Crippen LogP contribution in [0.5, 0.6) is 0 Å². The number of aryl methyl sites for hydroxylation is 1. The molecule has 1 aromatic heterocycles. The predicted molar refractivity (Wildman–Crippen MR) is 197 cm³/mol. The maximum atomic E-state index is 6.56. The predicted octanol–water partition coefficient (Wildman–Crippen LogP) is 11.2. The summed E-state index contributed by atoms with van der Waals surface area (Å²) in [6, 6.07) is 42.7. The molecule has 3 aliphatic carbocycles. The van der Waals surface area contributed by atoms with Gasteiger partial charge in [0, 0.05) is 16.3 Å². The summed E-state index contributed by atoms with van der Waals surface area (Å²) in [5, 5.41) is 8.88. The van der Waals surface area contributed by atoms with E-state index in [0.29, 0.717) is 11.8 Å². The second kappa shape index (κ2) is 10.0. The standard InChI is InChI=1S/C45H34N2O/c1-2-10-27-21-30(20-19-26(27)9-1)45-46-39(34-16-7-15-33-37-24-36(37)31-13-5-6-14-32(31)43(33)34)25-40(47-45)35-17-8-18-41-44(35)38-22-28-11-3-4-12-29(28)23-42(38)48-41/h1-2,4-10,12-23,36-37,39-40H,3,11,24-25H2,(H,46,47)/t36?,37?,39-,40?/m1/s1. The van der Waals surface area contributed by atoms with Crippen LogP contribution in [0.2, 0.25) is 0 Å². The first-order valence-electron chi connectivity index (χ1n) is 17.5. The number of furan rings is 1. The van der Waals surface area contributed by atoms with Crippen molar-refractivity contribution in [2.75, 3.05) is 0 Å². The molecule has 1 N–H and O–H groups in total. The molecule has 230 valence electrons. The van der Waals surface area contributed by atoms with E-state index in [1.807, 2.05) is 0 Å². The molecule has 3 heteroatoms. The van der Waals surface area contributed by atoms with Crippen molar-refractivity contribution >= 4 is 44.6 Å². The summed E-state index contributed by atoms with van der Waals surface area (Å²) >= 11 is 0. The smallest absolute Gasteiger partial charge is 0.136 e. The summed E-state index contributed by atoms with van der Waals surface area (Å²) in [4.78, 5) is 5.59. The Labute approximate surface area is 279 Å². The van der Waals surface area contributed by atoms with Crippen LogP contribution in [0.1, 0.15) is 82.1 Å². The molecule has 0 amide bonds. The first kappa shape index (κ1) is 26.6. The molecular weight excluding hydrogens is 585 g/mol. The highest BCUT2D eigenvalue weighted by atomic mass is 16.3. The van der Waals surface area contributed by atoms with Gasteiger partial charge in [0.15, 0.2) is 0 Å². The van der Waals surface area contributed by atoms with E-state index in [1.165, 1.54) is 72.5 Å². The number of hydrogen-bond donors (Lipinski definition) is 1. The van der Waals surface area contributed by atoms with Gasteiger partial charge < -0.3 is 9.73 Å². The van der Waals surface area contributed by atoms with Gasteiger partial charge in [-0.1, -0.05) is 103 Å². The van der Waals surface area contributed by atoms with Gasteiger partial charge in [0.2, 0.25) is 0 Å². The van der Waals surface area contributed by atoms with Gasteiger partial charge in [-0.3, -0.25) is 4.99 Å². The van der Waals surface area contributed by atoms with Crippen molar-refractivity contribution in [1.82, 2.24) is 5.32 Å². The average molecular weight is 619 g/mol. The van der Waals surface area contributed by atoms with Crippen LogP contribution in [0.3, 0.4) is 0 Å². The molecule has 0 radical (unpaired) electrons. The van der Waals surface area contributed by atoms with Crippen LogP contribution < -0.4 is 5.32 Å². The van der Waals surface area contributed by atoms with Crippen LogP contribution in [0.4, 0.5) is 0 Å². The summed E-state index contributed by atoms with van der Waals surface area (Å²) in [6.45, 7) is 0. The van der Waals surface area contributed by atoms with Crippen LogP contribution in [-0.2, 0) is 6.42 Å². The fourth-order valence-electron chi connectivity index (χ4n) is 9.08. The largest absolute Gasteiger partial charge is 0.456 e. The van der Waals surface area contributed by atoms with Gasteiger partial charge in [0.05, 0.1) is 12.1 Å². The fraction of sp³-hybridized carbons (Fsp3) is 0.178. The van der Waals surface area contributed by atoms with Crippen molar-refractivity contribution in [2.45, 2.75) is 49.6 Å². The lowest BCUT2D eigenvalue weighted by Gasteiger charge is -2.33. The lowest BCUT2D eigenvalue weighted by molar-refractivity contribution is 0.493. The molecular formula is C45H34N2O. The van der Waals surface area contributed by atoms with Crippen molar-refractivity contribution in [3.8, 4) is 11.1 Å². The zero-order valence-corrected chi connectivity index (χ0v) is 26.6. The van der Waals surface area contributed by atoms with Gasteiger partial charge in [0.25, 0.3) is 0 Å². The summed E-state index contributed by atoms with van der Waals surface area (Å²) in [6.07, 6.45) is 8.79. The molecule has 0 spiro atoms. The van der Waals surface area contributed by atoms with Gasteiger partial charge >= 0.3 is 0 Å². The molecule has 1 saturated carbocycles.